The summed E-state index contributed by atoms with van der Waals surface area (Å²) in [5.41, 5.74) is 2.17. The number of thioether (sulfide) groups is 1. The number of carbonyl (C=O) groups is 1. The lowest BCUT2D eigenvalue weighted by Gasteiger charge is -2.26. The van der Waals surface area contributed by atoms with Gasteiger partial charge in [-0.05, 0) is 30.7 Å². The Kier molecular flexibility index (Phi) is 5.33. The van der Waals surface area contributed by atoms with Gasteiger partial charge in [0.15, 0.2) is 11.6 Å². The number of amides is 1. The molecule has 1 saturated heterocycles. The molecule has 5 rings (SSSR count). The Bertz CT molecular complexity index is 1000. The third kappa shape index (κ3) is 3.81. The zero-order valence-electron chi connectivity index (χ0n) is 16.6. The first-order chi connectivity index (χ1) is 14.2. The van der Waals surface area contributed by atoms with E-state index in [4.69, 9.17) is 4.98 Å². The van der Waals surface area contributed by atoms with Gasteiger partial charge in [-0.3, -0.25) is 4.79 Å². The molecule has 0 spiro atoms. The number of para-hydroxylation sites is 2. The van der Waals surface area contributed by atoms with E-state index in [1.165, 1.54) is 19.5 Å². The van der Waals surface area contributed by atoms with E-state index in [0.717, 1.165) is 43.6 Å². The van der Waals surface area contributed by atoms with Crippen LogP contribution < -0.4 is 9.80 Å². The summed E-state index contributed by atoms with van der Waals surface area (Å²) in [5, 5.41) is 1.72. The Morgan fingerprint density at radius 3 is 2.90 bits per heavy atom. The molecular weight excluding hydrogens is 398 g/mol. The van der Waals surface area contributed by atoms with Crippen molar-refractivity contribution in [2.24, 2.45) is 0 Å². The van der Waals surface area contributed by atoms with Gasteiger partial charge in [0.1, 0.15) is 6.04 Å². The number of thiazole rings is 1. The van der Waals surface area contributed by atoms with Gasteiger partial charge in [-0.2, -0.15) is 0 Å². The first-order valence-corrected chi connectivity index (χ1v) is 12.1. The molecule has 1 amide bonds. The molecule has 3 atom stereocenters. The van der Waals surface area contributed by atoms with Crippen LogP contribution in [0.15, 0.2) is 53.4 Å². The van der Waals surface area contributed by atoms with E-state index in [0.29, 0.717) is 17.8 Å². The lowest BCUT2D eigenvalue weighted by Crippen LogP contribution is -3.11. The van der Waals surface area contributed by atoms with Crippen molar-refractivity contribution in [2.45, 2.75) is 42.4 Å². The second-order valence-electron chi connectivity index (χ2n) is 8.03. The highest BCUT2D eigenvalue weighted by atomic mass is 32.2. The van der Waals surface area contributed by atoms with Crippen LogP contribution in [0.3, 0.4) is 0 Å². The Morgan fingerprint density at radius 2 is 2.00 bits per heavy atom. The average Bonchev–Trinajstić information content (AvgIpc) is 3.31. The summed E-state index contributed by atoms with van der Waals surface area (Å²) in [5.74, 6) is 0.246. The molecule has 2 aliphatic heterocycles. The van der Waals surface area contributed by atoms with E-state index in [9.17, 15) is 4.79 Å². The molecule has 0 saturated carbocycles. The minimum Gasteiger partial charge on any atom is -0.319 e. The number of quaternary nitrogens is 1. The van der Waals surface area contributed by atoms with Gasteiger partial charge in [0.05, 0.1) is 22.4 Å². The van der Waals surface area contributed by atoms with Crippen LogP contribution in [0.1, 0.15) is 37.2 Å². The molecule has 4 nitrogen and oxygen atoms in total. The highest BCUT2D eigenvalue weighted by Gasteiger charge is 2.36. The van der Waals surface area contributed by atoms with Crippen LogP contribution in [-0.4, -0.2) is 35.8 Å². The quantitative estimate of drug-likeness (QED) is 0.692. The molecule has 3 aromatic rings. The first-order valence-electron chi connectivity index (χ1n) is 10.4. The van der Waals surface area contributed by atoms with E-state index >= 15 is 0 Å². The molecule has 1 aromatic heterocycles. The number of anilines is 1. The third-order valence-corrected chi connectivity index (χ3v) is 8.40. The SMILES string of the molecule is C[C@H]1CCN(C(=O)C[NH+]2CCC[C@@H]2c2nc3ccccc3s2)c2ccccc2S1. The molecule has 1 N–H and O–H groups in total. The van der Waals surface area contributed by atoms with E-state index in [1.54, 1.807) is 11.3 Å². The largest absolute Gasteiger partial charge is 0.319 e. The van der Waals surface area contributed by atoms with Gasteiger partial charge in [-0.25, -0.2) is 4.98 Å². The monoisotopic (exact) mass is 424 g/mol. The maximum absolute atomic E-state index is 13.4. The number of aromatic nitrogens is 1. The van der Waals surface area contributed by atoms with E-state index < -0.39 is 0 Å². The van der Waals surface area contributed by atoms with Gasteiger partial charge in [-0.15, -0.1) is 23.1 Å². The number of rotatable bonds is 3. The fraction of sp³-hybridized carbons (Fsp3) is 0.391. The van der Waals surface area contributed by atoms with Crippen LogP contribution in [0.25, 0.3) is 10.2 Å². The average molecular weight is 425 g/mol. The lowest BCUT2D eigenvalue weighted by atomic mass is 10.2. The molecule has 0 radical (unpaired) electrons. The molecule has 2 aromatic carbocycles. The minimum atomic E-state index is 0.246. The number of carbonyl (C=O) groups excluding carboxylic acids is 1. The van der Waals surface area contributed by atoms with Gasteiger partial charge < -0.3 is 9.80 Å². The van der Waals surface area contributed by atoms with Crippen LogP contribution in [-0.2, 0) is 4.79 Å². The normalized spacial score (nSPS) is 24.4. The molecule has 0 aliphatic carbocycles. The van der Waals surface area contributed by atoms with Crippen LogP contribution in [0, 0.1) is 0 Å². The second-order valence-corrected chi connectivity index (χ2v) is 10.6. The van der Waals surface area contributed by atoms with E-state index in [1.807, 2.05) is 28.8 Å². The van der Waals surface area contributed by atoms with Gasteiger partial charge in [0.25, 0.3) is 5.91 Å². The maximum atomic E-state index is 13.4. The number of nitrogens with zero attached hydrogens (tertiary/aromatic N) is 2. The van der Waals surface area contributed by atoms with Crippen molar-refractivity contribution in [2.75, 3.05) is 24.5 Å². The summed E-state index contributed by atoms with van der Waals surface area (Å²) >= 11 is 3.68. The fourth-order valence-corrected chi connectivity index (χ4v) is 6.77. The predicted octanol–water partition coefficient (Wildman–Crippen LogP) is 3.93. The van der Waals surface area contributed by atoms with Crippen molar-refractivity contribution in [1.29, 1.82) is 0 Å². The highest BCUT2D eigenvalue weighted by Crippen LogP contribution is 2.37. The van der Waals surface area contributed by atoms with Crippen molar-refractivity contribution in [3.63, 3.8) is 0 Å². The molecule has 150 valence electrons. The molecule has 3 heterocycles. The van der Waals surface area contributed by atoms with Gasteiger partial charge >= 0.3 is 0 Å². The smallest absolute Gasteiger partial charge is 0.282 e. The summed E-state index contributed by atoms with van der Waals surface area (Å²) in [6.45, 7) is 4.66. The number of hydrogen-bond donors (Lipinski definition) is 1. The Morgan fingerprint density at radius 1 is 1.17 bits per heavy atom. The summed E-state index contributed by atoms with van der Waals surface area (Å²) in [7, 11) is 0. The molecule has 0 bridgehead atoms. The number of nitrogens with one attached hydrogen (secondary N) is 1. The van der Waals surface area contributed by atoms with Crippen molar-refractivity contribution >= 4 is 44.9 Å². The molecule has 29 heavy (non-hydrogen) atoms. The zero-order chi connectivity index (χ0) is 19.8. The molecule has 1 unspecified atom stereocenters. The third-order valence-electron chi connectivity index (χ3n) is 6.01. The Labute approximate surface area is 179 Å². The van der Waals surface area contributed by atoms with Crippen LogP contribution in [0.5, 0.6) is 0 Å². The van der Waals surface area contributed by atoms with Crippen molar-refractivity contribution in [1.82, 2.24) is 4.98 Å². The van der Waals surface area contributed by atoms with Crippen LogP contribution in [0.2, 0.25) is 0 Å². The second kappa shape index (κ2) is 8.09. The van der Waals surface area contributed by atoms with Gasteiger partial charge in [-0.1, -0.05) is 31.2 Å². The highest BCUT2D eigenvalue weighted by molar-refractivity contribution is 8.00. The first kappa shape index (κ1) is 19.1. The molecule has 1 fully saturated rings. The number of likely N-dealkylation sites (tertiary alicyclic amines) is 1. The Balaban J connectivity index is 1.37. The summed E-state index contributed by atoms with van der Waals surface area (Å²) < 4.78 is 1.24. The topological polar surface area (TPSA) is 37.6 Å². The molecule has 6 heteroatoms. The summed E-state index contributed by atoms with van der Waals surface area (Å²) in [6.07, 6.45) is 3.31. The van der Waals surface area contributed by atoms with Crippen molar-refractivity contribution in [3.8, 4) is 0 Å². The van der Waals surface area contributed by atoms with Gasteiger partial charge in [0, 0.05) is 29.5 Å². The molecular formula is C23H26N3OS2+. The number of fused-ring (bicyclic) bond motifs is 2. The lowest BCUT2D eigenvalue weighted by molar-refractivity contribution is -0.910. The maximum Gasteiger partial charge on any atom is 0.282 e. The van der Waals surface area contributed by atoms with E-state index in [2.05, 4.69) is 43.3 Å². The minimum absolute atomic E-state index is 0.246. The standard InChI is InChI=1S/C23H25N3OS2/c1-16-12-14-26(18-8-3-5-11-21(18)28-16)22(27)15-25-13-6-9-19(25)23-24-17-7-2-4-10-20(17)29-23/h2-5,7-8,10-11,16,19H,6,9,12-15H2,1H3/p+1/t16-,19+/m0/s1. The summed E-state index contributed by atoms with van der Waals surface area (Å²) in [6, 6.07) is 17.0. The van der Waals surface area contributed by atoms with Crippen molar-refractivity contribution < 1.29 is 9.69 Å². The van der Waals surface area contributed by atoms with Crippen LogP contribution >= 0.6 is 23.1 Å². The molecule has 2 aliphatic rings. The zero-order valence-corrected chi connectivity index (χ0v) is 18.3. The van der Waals surface area contributed by atoms with E-state index in [-0.39, 0.29) is 5.91 Å². The van der Waals surface area contributed by atoms with Crippen molar-refractivity contribution in [3.05, 3.63) is 53.5 Å². The number of hydrogen-bond acceptors (Lipinski definition) is 4. The van der Waals surface area contributed by atoms with Crippen LogP contribution in [0.4, 0.5) is 5.69 Å². The fourth-order valence-electron chi connectivity index (χ4n) is 4.50. The Hall–Kier alpha value is -1.89. The predicted molar refractivity (Wildman–Crippen MR) is 121 cm³/mol. The number of benzene rings is 2. The van der Waals surface area contributed by atoms with Gasteiger partial charge in [0.2, 0.25) is 0 Å². The summed E-state index contributed by atoms with van der Waals surface area (Å²) in [4.78, 5) is 22.9.